The van der Waals surface area contributed by atoms with Gasteiger partial charge in [-0.3, -0.25) is 4.79 Å². The second kappa shape index (κ2) is 14.0. The summed E-state index contributed by atoms with van der Waals surface area (Å²) in [5.41, 5.74) is 7.16. The van der Waals surface area contributed by atoms with Crippen molar-refractivity contribution < 1.29 is 24.6 Å². The Morgan fingerprint density at radius 2 is 1.41 bits per heavy atom. The Morgan fingerprint density at radius 1 is 0.780 bits per heavy atom. The van der Waals surface area contributed by atoms with Crippen LogP contribution in [0.1, 0.15) is 51.9 Å². The van der Waals surface area contributed by atoms with E-state index in [0.29, 0.717) is 22.6 Å². The van der Waals surface area contributed by atoms with Crippen LogP contribution in [0.5, 0.6) is 0 Å². The number of carboxylic acid groups (broad SMARTS) is 2. The highest BCUT2D eigenvalue weighted by Crippen LogP contribution is 2.30. The van der Waals surface area contributed by atoms with Gasteiger partial charge >= 0.3 is 11.9 Å². The predicted molar refractivity (Wildman–Crippen MR) is 161 cm³/mol. The van der Waals surface area contributed by atoms with E-state index in [1.807, 2.05) is 17.0 Å². The van der Waals surface area contributed by atoms with Gasteiger partial charge in [0.05, 0.1) is 10.0 Å². The molecule has 1 amide bonds. The van der Waals surface area contributed by atoms with Crippen LogP contribution >= 0.6 is 23.2 Å². The summed E-state index contributed by atoms with van der Waals surface area (Å²) >= 11 is 12.5. The molecule has 0 saturated heterocycles. The highest BCUT2D eigenvalue weighted by molar-refractivity contribution is 6.42. The van der Waals surface area contributed by atoms with Crippen LogP contribution in [0.4, 0.5) is 5.69 Å². The normalized spacial score (nSPS) is 14.0. The molecule has 0 fully saturated rings. The fraction of sp³-hybridized carbons (Fsp3) is 0.344. The predicted octanol–water partition coefficient (Wildman–Crippen LogP) is 6.16. The molecule has 0 aliphatic heterocycles. The van der Waals surface area contributed by atoms with Gasteiger partial charge in [0, 0.05) is 23.8 Å². The van der Waals surface area contributed by atoms with Gasteiger partial charge < -0.3 is 20.0 Å². The zero-order valence-corrected chi connectivity index (χ0v) is 24.5. The fourth-order valence-electron chi connectivity index (χ4n) is 5.53. The van der Waals surface area contributed by atoms with E-state index in [9.17, 15) is 4.79 Å². The summed E-state index contributed by atoms with van der Waals surface area (Å²) in [5.74, 6) is -3.63. The average molecular weight is 598 g/mol. The van der Waals surface area contributed by atoms with Crippen LogP contribution in [-0.2, 0) is 35.3 Å². The summed E-state index contributed by atoms with van der Waals surface area (Å²) in [7, 11) is 2.20. The number of aliphatic carboxylic acids is 2. The molecular weight excluding hydrogens is 563 g/mol. The highest BCUT2D eigenvalue weighted by atomic mass is 35.5. The summed E-state index contributed by atoms with van der Waals surface area (Å²) in [5, 5.41) is 15.7. The van der Waals surface area contributed by atoms with Crippen molar-refractivity contribution in [3.05, 3.63) is 98.5 Å². The van der Waals surface area contributed by atoms with Crippen molar-refractivity contribution >= 4 is 46.7 Å². The van der Waals surface area contributed by atoms with Gasteiger partial charge in [0.1, 0.15) is 0 Å². The molecule has 0 saturated carbocycles. The first-order valence-corrected chi connectivity index (χ1v) is 14.5. The number of hydrogen-bond donors (Lipinski definition) is 2. The van der Waals surface area contributed by atoms with Gasteiger partial charge in [0.25, 0.3) is 5.91 Å². The van der Waals surface area contributed by atoms with Gasteiger partial charge in [-0.25, -0.2) is 9.59 Å². The van der Waals surface area contributed by atoms with Crippen LogP contribution in [0.15, 0.2) is 60.7 Å². The molecule has 9 heteroatoms. The van der Waals surface area contributed by atoms with Gasteiger partial charge in [-0.2, -0.15) is 0 Å². The minimum atomic E-state index is -1.82. The van der Waals surface area contributed by atoms with E-state index in [4.69, 9.17) is 43.0 Å². The van der Waals surface area contributed by atoms with E-state index in [-0.39, 0.29) is 5.91 Å². The third kappa shape index (κ3) is 7.88. The van der Waals surface area contributed by atoms with Gasteiger partial charge in [0.15, 0.2) is 0 Å². The zero-order chi connectivity index (χ0) is 29.5. The molecule has 2 aliphatic carbocycles. The van der Waals surface area contributed by atoms with Crippen LogP contribution < -0.4 is 4.90 Å². The third-order valence-electron chi connectivity index (χ3n) is 7.78. The Labute approximate surface area is 250 Å². The van der Waals surface area contributed by atoms with Crippen LogP contribution in [0, 0.1) is 0 Å². The van der Waals surface area contributed by atoms with Crippen LogP contribution in [-0.4, -0.2) is 59.1 Å². The van der Waals surface area contributed by atoms with Crippen molar-refractivity contribution in [3.63, 3.8) is 0 Å². The lowest BCUT2D eigenvalue weighted by Crippen LogP contribution is -2.37. The van der Waals surface area contributed by atoms with Crippen molar-refractivity contribution in [1.82, 2.24) is 4.90 Å². The van der Waals surface area contributed by atoms with E-state index >= 15 is 0 Å². The number of rotatable bonds is 7. The number of carboxylic acids is 2. The van der Waals surface area contributed by atoms with Gasteiger partial charge in [-0.15, -0.1) is 0 Å². The molecular formula is C32H34Cl2N2O5. The van der Waals surface area contributed by atoms with Crippen LogP contribution in [0.2, 0.25) is 10.0 Å². The number of halogens is 2. The maximum absolute atomic E-state index is 13.7. The number of nitrogens with zero attached hydrogens (tertiary/aromatic N) is 2. The summed E-state index contributed by atoms with van der Waals surface area (Å²) in [6, 6.07) is 20.9. The molecule has 216 valence electrons. The van der Waals surface area contributed by atoms with Crippen molar-refractivity contribution in [3.8, 4) is 0 Å². The molecule has 0 spiro atoms. The molecule has 0 aromatic heterocycles. The number of carbonyl (C=O) groups excluding carboxylic acids is 1. The Morgan fingerprint density at radius 3 is 2.02 bits per heavy atom. The lowest BCUT2D eigenvalue weighted by Gasteiger charge is -2.28. The third-order valence-corrected chi connectivity index (χ3v) is 8.52. The monoisotopic (exact) mass is 596 g/mol. The first-order valence-electron chi connectivity index (χ1n) is 13.8. The van der Waals surface area contributed by atoms with E-state index in [2.05, 4.69) is 48.3 Å². The second-order valence-corrected chi connectivity index (χ2v) is 11.3. The fourth-order valence-corrected chi connectivity index (χ4v) is 5.82. The minimum absolute atomic E-state index is 0.0210. The molecule has 2 aliphatic rings. The number of likely N-dealkylation sites (N-methyl/N-ethyl adjacent to an activating group) is 1. The van der Waals surface area contributed by atoms with E-state index < -0.39 is 11.9 Å². The molecule has 5 rings (SSSR count). The molecule has 0 bridgehead atoms. The maximum Gasteiger partial charge on any atom is 0.414 e. The number of anilines is 1. The van der Waals surface area contributed by atoms with Crippen molar-refractivity contribution in [2.24, 2.45) is 0 Å². The molecule has 0 radical (unpaired) electrons. The Hall–Kier alpha value is -3.39. The maximum atomic E-state index is 13.7. The van der Waals surface area contributed by atoms with E-state index in [1.54, 1.807) is 12.1 Å². The zero-order valence-electron chi connectivity index (χ0n) is 23.0. The number of carbonyl (C=O) groups is 3. The molecule has 0 heterocycles. The number of fused-ring (bicyclic) bond motifs is 2. The number of amides is 1. The first-order chi connectivity index (χ1) is 19.6. The average Bonchev–Trinajstić information content (AvgIpc) is 3.41. The molecule has 3 aromatic carbocycles. The number of aryl methyl sites for hydroxylation is 2. The summed E-state index contributed by atoms with van der Waals surface area (Å²) < 4.78 is 0. The summed E-state index contributed by atoms with van der Waals surface area (Å²) in [4.78, 5) is 36.2. The molecule has 0 unspecified atom stereocenters. The van der Waals surface area contributed by atoms with Crippen molar-refractivity contribution in [2.45, 2.75) is 51.0 Å². The Bertz CT molecular complexity index is 1390. The summed E-state index contributed by atoms with van der Waals surface area (Å²) in [6.07, 6.45) is 7.65. The minimum Gasteiger partial charge on any atom is -0.473 e. The lowest BCUT2D eigenvalue weighted by atomic mass is 9.90. The lowest BCUT2D eigenvalue weighted by molar-refractivity contribution is -0.159. The Balaban J connectivity index is 0.000000585. The molecule has 7 nitrogen and oxygen atoms in total. The number of hydrogen-bond acceptors (Lipinski definition) is 4. The smallest absolute Gasteiger partial charge is 0.414 e. The largest absolute Gasteiger partial charge is 0.473 e. The molecule has 2 N–H and O–H groups in total. The highest BCUT2D eigenvalue weighted by Gasteiger charge is 2.25. The molecule has 41 heavy (non-hydrogen) atoms. The Kier molecular flexibility index (Phi) is 10.4. The van der Waals surface area contributed by atoms with Gasteiger partial charge in [-0.1, -0.05) is 53.5 Å². The quantitative estimate of drug-likeness (QED) is 0.317. The molecule has 0 atom stereocenters. The van der Waals surface area contributed by atoms with Crippen LogP contribution in [0.3, 0.4) is 0 Å². The van der Waals surface area contributed by atoms with E-state index in [0.717, 1.165) is 49.9 Å². The SMILES string of the molecule is CN(CCCN(C(=O)c1ccc2c(c1)CCCC2)c1ccc(Cl)c(Cl)c1)C1Cc2ccccc2C1.O=C(O)C(=O)O. The second-order valence-electron chi connectivity index (χ2n) is 10.5. The van der Waals surface area contributed by atoms with Gasteiger partial charge in [-0.05, 0) is 111 Å². The standard InChI is InChI=1S/C30H32Cl2N2O.C2H2O4/c1-33(27-18-23-9-4-5-10-24(23)19-27)15-6-16-34(26-13-14-28(31)29(32)20-26)30(35)25-12-11-21-7-2-3-8-22(21)17-25;3-1(4)2(5)6/h4-5,9-14,17,20,27H,2-3,6-8,15-16,18-19H2,1H3;(H,3,4)(H,5,6). The van der Waals surface area contributed by atoms with E-state index in [1.165, 1.54) is 35.1 Å². The summed E-state index contributed by atoms with van der Waals surface area (Å²) in [6.45, 7) is 1.55. The van der Waals surface area contributed by atoms with Crippen molar-refractivity contribution in [2.75, 3.05) is 25.0 Å². The van der Waals surface area contributed by atoms with Crippen LogP contribution in [0.25, 0.3) is 0 Å². The molecule has 3 aromatic rings. The van der Waals surface area contributed by atoms with Gasteiger partial charge in [0.2, 0.25) is 0 Å². The first kappa shape index (κ1) is 30.6. The topological polar surface area (TPSA) is 98.2 Å². The number of benzene rings is 3. The van der Waals surface area contributed by atoms with Crippen molar-refractivity contribution in [1.29, 1.82) is 0 Å².